The predicted molar refractivity (Wildman–Crippen MR) is 72.1 cm³/mol. The Kier molecular flexibility index (Phi) is 3.93. The first kappa shape index (κ1) is 14.6. The van der Waals surface area contributed by atoms with Crippen LogP contribution in [0.4, 0.5) is 20.2 Å². The molecule has 0 aromatic heterocycles. The van der Waals surface area contributed by atoms with E-state index in [1.54, 1.807) is 6.92 Å². The average Bonchev–Trinajstić information content (AvgIpc) is 2.37. The number of carbonyl (C=O) groups is 1. The fourth-order valence-corrected chi connectivity index (χ4v) is 1.78. The van der Waals surface area contributed by atoms with Crippen LogP contribution in [-0.4, -0.2) is 10.8 Å². The zero-order valence-electron chi connectivity index (χ0n) is 10.9. The molecule has 0 aliphatic rings. The molecule has 21 heavy (non-hydrogen) atoms. The van der Waals surface area contributed by atoms with Crippen LogP contribution in [0.3, 0.4) is 0 Å². The van der Waals surface area contributed by atoms with Gasteiger partial charge in [-0.15, -0.1) is 0 Å². The molecule has 5 nitrogen and oxygen atoms in total. The molecule has 2 aromatic rings. The lowest BCUT2D eigenvalue weighted by atomic mass is 10.1. The number of hydrogen-bond acceptors (Lipinski definition) is 3. The van der Waals surface area contributed by atoms with Crippen LogP contribution in [-0.2, 0) is 0 Å². The lowest BCUT2D eigenvalue weighted by molar-refractivity contribution is -0.385. The van der Waals surface area contributed by atoms with Gasteiger partial charge in [0.1, 0.15) is 11.6 Å². The lowest BCUT2D eigenvalue weighted by Crippen LogP contribution is -2.12. The van der Waals surface area contributed by atoms with Gasteiger partial charge in [0, 0.05) is 28.9 Å². The SMILES string of the molecule is Cc1ccc(C(=O)Nc2cc(F)cc(F)c2)cc1[N+](=O)[O-]. The molecule has 0 radical (unpaired) electrons. The molecule has 108 valence electrons. The highest BCUT2D eigenvalue weighted by Gasteiger charge is 2.15. The summed E-state index contributed by atoms with van der Waals surface area (Å²) >= 11 is 0. The highest BCUT2D eigenvalue weighted by atomic mass is 19.1. The predicted octanol–water partition coefficient (Wildman–Crippen LogP) is 3.43. The van der Waals surface area contributed by atoms with E-state index in [1.165, 1.54) is 12.1 Å². The van der Waals surface area contributed by atoms with Crippen LogP contribution in [0.5, 0.6) is 0 Å². The molecule has 0 aliphatic carbocycles. The number of benzene rings is 2. The summed E-state index contributed by atoms with van der Waals surface area (Å²) in [4.78, 5) is 22.2. The number of nitrogens with zero attached hydrogens (tertiary/aromatic N) is 1. The number of aryl methyl sites for hydroxylation is 1. The molecule has 1 amide bonds. The minimum absolute atomic E-state index is 0.0250. The van der Waals surface area contributed by atoms with Gasteiger partial charge in [-0.25, -0.2) is 8.78 Å². The molecule has 7 heteroatoms. The maximum atomic E-state index is 13.0. The minimum atomic E-state index is -0.833. The number of hydrogen-bond donors (Lipinski definition) is 1. The number of amides is 1. The first-order chi connectivity index (χ1) is 9.86. The van der Waals surface area contributed by atoms with Crippen molar-refractivity contribution >= 4 is 17.3 Å². The van der Waals surface area contributed by atoms with E-state index in [0.717, 1.165) is 18.2 Å². The molecule has 0 atom stereocenters. The summed E-state index contributed by atoms with van der Waals surface area (Å²) in [6.45, 7) is 1.54. The Balaban J connectivity index is 2.28. The summed E-state index contributed by atoms with van der Waals surface area (Å²) in [5.74, 6) is -2.36. The Morgan fingerprint density at radius 3 is 2.33 bits per heavy atom. The summed E-state index contributed by atoms with van der Waals surface area (Å²) in [6.07, 6.45) is 0. The summed E-state index contributed by atoms with van der Waals surface area (Å²) < 4.78 is 26.0. The number of nitro benzene ring substituents is 1. The van der Waals surface area contributed by atoms with E-state index >= 15 is 0 Å². The molecular weight excluding hydrogens is 282 g/mol. The fourth-order valence-electron chi connectivity index (χ4n) is 1.78. The van der Waals surface area contributed by atoms with Gasteiger partial charge in [0.2, 0.25) is 0 Å². The summed E-state index contributed by atoms with van der Waals surface area (Å²) in [5.41, 5.74) is 0.166. The number of nitrogens with one attached hydrogen (secondary N) is 1. The van der Waals surface area contributed by atoms with Gasteiger partial charge in [-0.05, 0) is 25.1 Å². The highest BCUT2D eigenvalue weighted by Crippen LogP contribution is 2.20. The Hall–Kier alpha value is -2.83. The van der Waals surface area contributed by atoms with E-state index < -0.39 is 22.5 Å². The van der Waals surface area contributed by atoms with Gasteiger partial charge in [-0.3, -0.25) is 14.9 Å². The van der Waals surface area contributed by atoms with E-state index in [2.05, 4.69) is 5.32 Å². The largest absolute Gasteiger partial charge is 0.322 e. The zero-order chi connectivity index (χ0) is 15.6. The van der Waals surface area contributed by atoms with Gasteiger partial charge >= 0.3 is 0 Å². The molecule has 1 N–H and O–H groups in total. The average molecular weight is 292 g/mol. The molecule has 0 bridgehead atoms. The second-order valence-corrected chi connectivity index (χ2v) is 4.37. The van der Waals surface area contributed by atoms with Crippen molar-refractivity contribution in [1.82, 2.24) is 0 Å². The Morgan fingerprint density at radius 1 is 1.14 bits per heavy atom. The normalized spacial score (nSPS) is 10.2. The van der Waals surface area contributed by atoms with Crippen molar-refractivity contribution in [3.63, 3.8) is 0 Å². The van der Waals surface area contributed by atoms with Crippen molar-refractivity contribution in [2.45, 2.75) is 6.92 Å². The monoisotopic (exact) mass is 292 g/mol. The topological polar surface area (TPSA) is 72.2 Å². The number of anilines is 1. The minimum Gasteiger partial charge on any atom is -0.322 e. The van der Waals surface area contributed by atoms with Crippen molar-refractivity contribution in [1.29, 1.82) is 0 Å². The zero-order valence-corrected chi connectivity index (χ0v) is 10.9. The second kappa shape index (κ2) is 5.66. The number of nitro groups is 1. The summed E-state index contributed by atoms with van der Waals surface area (Å²) in [6, 6.07) is 6.51. The third-order valence-electron chi connectivity index (χ3n) is 2.79. The highest BCUT2D eigenvalue weighted by molar-refractivity contribution is 6.04. The van der Waals surface area contributed by atoms with Crippen molar-refractivity contribution in [3.8, 4) is 0 Å². The van der Waals surface area contributed by atoms with Crippen LogP contribution >= 0.6 is 0 Å². The molecule has 0 fully saturated rings. The van der Waals surface area contributed by atoms with Crippen LogP contribution in [0.25, 0.3) is 0 Å². The Bertz CT molecular complexity index is 712. The van der Waals surface area contributed by atoms with Gasteiger partial charge in [-0.2, -0.15) is 0 Å². The standard InChI is InChI=1S/C14H10F2N2O3/c1-8-2-3-9(4-13(8)18(20)21)14(19)17-12-6-10(15)5-11(16)7-12/h2-7H,1H3,(H,17,19). The third-order valence-corrected chi connectivity index (χ3v) is 2.79. The fraction of sp³-hybridized carbons (Fsp3) is 0.0714. The van der Waals surface area contributed by atoms with Crippen LogP contribution in [0.2, 0.25) is 0 Å². The van der Waals surface area contributed by atoms with Crippen LogP contribution in [0.1, 0.15) is 15.9 Å². The van der Waals surface area contributed by atoms with Gasteiger partial charge in [0.15, 0.2) is 0 Å². The Morgan fingerprint density at radius 2 is 1.76 bits per heavy atom. The Labute approximate surface area is 118 Å². The lowest BCUT2D eigenvalue weighted by Gasteiger charge is -2.06. The summed E-state index contributed by atoms with van der Waals surface area (Å²) in [7, 11) is 0. The number of carbonyl (C=O) groups excluding carboxylic acids is 1. The summed E-state index contributed by atoms with van der Waals surface area (Å²) in [5, 5.41) is 13.1. The molecule has 2 aromatic carbocycles. The smallest absolute Gasteiger partial charge is 0.273 e. The van der Waals surface area contributed by atoms with Gasteiger partial charge in [0.05, 0.1) is 4.92 Å². The molecule has 0 saturated heterocycles. The molecule has 0 spiro atoms. The van der Waals surface area contributed by atoms with E-state index in [-0.39, 0.29) is 16.9 Å². The van der Waals surface area contributed by atoms with E-state index in [1.807, 2.05) is 0 Å². The first-order valence-electron chi connectivity index (χ1n) is 5.89. The molecule has 0 unspecified atom stereocenters. The van der Waals surface area contributed by atoms with Crippen molar-refractivity contribution in [3.05, 3.63) is 69.3 Å². The third kappa shape index (κ3) is 3.38. The quantitative estimate of drug-likeness (QED) is 0.695. The second-order valence-electron chi connectivity index (χ2n) is 4.37. The van der Waals surface area contributed by atoms with Gasteiger partial charge < -0.3 is 5.32 Å². The molecule has 0 heterocycles. The van der Waals surface area contributed by atoms with Crippen LogP contribution < -0.4 is 5.32 Å². The maximum absolute atomic E-state index is 13.0. The molecule has 0 saturated carbocycles. The van der Waals surface area contributed by atoms with E-state index in [9.17, 15) is 23.7 Å². The van der Waals surface area contributed by atoms with E-state index in [0.29, 0.717) is 11.6 Å². The van der Waals surface area contributed by atoms with Crippen molar-refractivity contribution < 1.29 is 18.5 Å². The molecule has 2 rings (SSSR count). The van der Waals surface area contributed by atoms with E-state index in [4.69, 9.17) is 0 Å². The van der Waals surface area contributed by atoms with Gasteiger partial charge in [0.25, 0.3) is 11.6 Å². The van der Waals surface area contributed by atoms with Gasteiger partial charge in [-0.1, -0.05) is 6.07 Å². The van der Waals surface area contributed by atoms with Crippen molar-refractivity contribution in [2.24, 2.45) is 0 Å². The molecule has 0 aliphatic heterocycles. The van der Waals surface area contributed by atoms with Crippen molar-refractivity contribution in [2.75, 3.05) is 5.32 Å². The maximum Gasteiger partial charge on any atom is 0.273 e. The molecular formula is C14H10F2N2O3. The van der Waals surface area contributed by atoms with Crippen LogP contribution in [0.15, 0.2) is 36.4 Å². The number of rotatable bonds is 3. The first-order valence-corrected chi connectivity index (χ1v) is 5.89. The van der Waals surface area contributed by atoms with Crippen LogP contribution in [0, 0.1) is 28.7 Å². The number of halogens is 2.